The Balaban J connectivity index is 0. The lowest BCUT2D eigenvalue weighted by Gasteiger charge is -2.26. The van der Waals surface area contributed by atoms with Gasteiger partial charge in [-0.3, -0.25) is 4.79 Å². The lowest BCUT2D eigenvalue weighted by Crippen LogP contribution is -2.45. The summed E-state index contributed by atoms with van der Waals surface area (Å²) < 4.78 is 5.52. The summed E-state index contributed by atoms with van der Waals surface area (Å²) in [6.07, 6.45) is 0.481. The van der Waals surface area contributed by atoms with Crippen molar-refractivity contribution >= 4 is 30.7 Å². The summed E-state index contributed by atoms with van der Waals surface area (Å²) in [5.74, 6) is 0.0864. The smallest absolute Gasteiger partial charge is 0.222 e. The van der Waals surface area contributed by atoms with Crippen LogP contribution in [0, 0.1) is 0 Å². The first-order chi connectivity index (χ1) is 8.65. The molecule has 0 aromatic heterocycles. The van der Waals surface area contributed by atoms with Crippen LogP contribution >= 0.6 is 24.8 Å². The van der Waals surface area contributed by atoms with E-state index in [1.165, 1.54) is 0 Å². The van der Waals surface area contributed by atoms with Gasteiger partial charge in [-0.05, 0) is 20.0 Å². The predicted octanol–water partition coefficient (Wildman–Crippen LogP) is 1.05. The zero-order chi connectivity index (χ0) is 13.4. The lowest BCUT2D eigenvalue weighted by atomic mass is 10.2. The van der Waals surface area contributed by atoms with Gasteiger partial charge in [-0.1, -0.05) is 13.8 Å². The van der Waals surface area contributed by atoms with Gasteiger partial charge < -0.3 is 20.3 Å². The third kappa shape index (κ3) is 8.97. The molecule has 0 aromatic rings. The highest BCUT2D eigenvalue weighted by Gasteiger charge is 2.18. The maximum Gasteiger partial charge on any atom is 0.222 e. The molecule has 122 valence electrons. The molecule has 1 fully saturated rings. The van der Waals surface area contributed by atoms with Crippen LogP contribution in [0.25, 0.3) is 0 Å². The number of morpholine rings is 1. The summed E-state index contributed by atoms with van der Waals surface area (Å²) >= 11 is 0. The van der Waals surface area contributed by atoms with Gasteiger partial charge >= 0.3 is 0 Å². The number of nitrogens with zero attached hydrogens (tertiary/aromatic N) is 1. The molecular formula is C13H29Cl2N3O2. The number of carbonyl (C=O) groups excluding carboxylic acids is 1. The molecule has 0 bridgehead atoms. The molecule has 0 radical (unpaired) electrons. The number of amides is 1. The molecule has 20 heavy (non-hydrogen) atoms. The van der Waals surface area contributed by atoms with Crippen LogP contribution in [0.15, 0.2) is 0 Å². The third-order valence-electron chi connectivity index (χ3n) is 3.25. The van der Waals surface area contributed by atoms with E-state index in [4.69, 9.17) is 4.74 Å². The average Bonchev–Trinajstić information content (AvgIpc) is 2.36. The molecule has 1 aliphatic rings. The Labute approximate surface area is 135 Å². The van der Waals surface area contributed by atoms with Crippen molar-refractivity contribution in [2.24, 2.45) is 0 Å². The van der Waals surface area contributed by atoms with Crippen molar-refractivity contribution in [2.75, 3.05) is 39.3 Å². The lowest BCUT2D eigenvalue weighted by molar-refractivity contribution is -0.125. The zero-order valence-electron chi connectivity index (χ0n) is 12.7. The summed E-state index contributed by atoms with van der Waals surface area (Å²) in [5, 5.41) is 6.27. The first kappa shape index (κ1) is 22.2. The predicted molar refractivity (Wildman–Crippen MR) is 87.1 cm³/mol. The van der Waals surface area contributed by atoms with E-state index in [0.29, 0.717) is 13.0 Å². The SMILES string of the molecule is CCN(CC)CC(C)NC(=O)CC1CNCCO1.Cl.Cl. The fourth-order valence-corrected chi connectivity index (χ4v) is 2.21. The highest BCUT2D eigenvalue weighted by Crippen LogP contribution is 2.02. The van der Waals surface area contributed by atoms with Crippen molar-refractivity contribution in [3.8, 4) is 0 Å². The maximum atomic E-state index is 11.8. The van der Waals surface area contributed by atoms with E-state index in [1.54, 1.807) is 0 Å². The van der Waals surface area contributed by atoms with E-state index < -0.39 is 0 Å². The second-order valence-electron chi connectivity index (χ2n) is 4.86. The summed E-state index contributed by atoms with van der Waals surface area (Å²) in [5.41, 5.74) is 0. The van der Waals surface area contributed by atoms with Crippen LogP contribution in [0.1, 0.15) is 27.2 Å². The van der Waals surface area contributed by atoms with E-state index in [1.807, 2.05) is 0 Å². The molecule has 0 aromatic carbocycles. The van der Waals surface area contributed by atoms with Crippen LogP contribution in [-0.4, -0.2) is 62.3 Å². The second kappa shape index (κ2) is 12.7. The standard InChI is InChI=1S/C13H27N3O2.2ClH/c1-4-16(5-2)10-11(3)15-13(17)8-12-9-14-6-7-18-12;;/h11-12,14H,4-10H2,1-3H3,(H,15,17);2*1H. The van der Waals surface area contributed by atoms with Crippen LogP contribution in [0.5, 0.6) is 0 Å². The van der Waals surface area contributed by atoms with Crippen molar-refractivity contribution in [3.63, 3.8) is 0 Å². The minimum Gasteiger partial charge on any atom is -0.375 e. The van der Waals surface area contributed by atoms with Crippen molar-refractivity contribution in [1.29, 1.82) is 0 Å². The van der Waals surface area contributed by atoms with Crippen LogP contribution in [0.3, 0.4) is 0 Å². The Kier molecular flexibility index (Phi) is 14.1. The van der Waals surface area contributed by atoms with Gasteiger partial charge in [0.2, 0.25) is 5.91 Å². The third-order valence-corrected chi connectivity index (χ3v) is 3.25. The number of carbonyl (C=O) groups is 1. The Morgan fingerprint density at radius 1 is 1.40 bits per heavy atom. The van der Waals surface area contributed by atoms with E-state index in [-0.39, 0.29) is 42.9 Å². The second-order valence-corrected chi connectivity index (χ2v) is 4.86. The number of nitrogens with one attached hydrogen (secondary N) is 2. The molecule has 2 N–H and O–H groups in total. The first-order valence-electron chi connectivity index (χ1n) is 6.99. The molecule has 1 saturated heterocycles. The van der Waals surface area contributed by atoms with E-state index in [9.17, 15) is 4.79 Å². The number of halogens is 2. The Hall–Kier alpha value is -0.0700. The molecule has 2 atom stereocenters. The molecule has 7 heteroatoms. The fourth-order valence-electron chi connectivity index (χ4n) is 2.21. The Morgan fingerprint density at radius 2 is 2.05 bits per heavy atom. The largest absolute Gasteiger partial charge is 0.375 e. The Bertz CT molecular complexity index is 248. The molecule has 0 spiro atoms. The van der Waals surface area contributed by atoms with Gasteiger partial charge in [0.15, 0.2) is 0 Å². The monoisotopic (exact) mass is 329 g/mol. The van der Waals surface area contributed by atoms with Gasteiger partial charge in [0.25, 0.3) is 0 Å². The van der Waals surface area contributed by atoms with Crippen LogP contribution in [0.4, 0.5) is 0 Å². The van der Waals surface area contributed by atoms with Crippen molar-refractivity contribution < 1.29 is 9.53 Å². The molecule has 5 nitrogen and oxygen atoms in total. The summed E-state index contributed by atoms with van der Waals surface area (Å²) in [6, 6.07) is 0.189. The van der Waals surface area contributed by atoms with E-state index in [2.05, 4.69) is 36.3 Å². The highest BCUT2D eigenvalue weighted by atomic mass is 35.5. The fraction of sp³-hybridized carbons (Fsp3) is 0.923. The first-order valence-corrected chi connectivity index (χ1v) is 6.99. The van der Waals surface area contributed by atoms with Crippen LogP contribution in [-0.2, 0) is 9.53 Å². The molecule has 1 amide bonds. The number of hydrogen-bond acceptors (Lipinski definition) is 4. The summed E-state index contributed by atoms with van der Waals surface area (Å²) in [7, 11) is 0. The molecule has 2 unspecified atom stereocenters. The number of rotatable bonds is 7. The highest BCUT2D eigenvalue weighted by molar-refractivity contribution is 5.85. The summed E-state index contributed by atoms with van der Waals surface area (Å²) in [4.78, 5) is 14.2. The van der Waals surface area contributed by atoms with Gasteiger partial charge in [-0.25, -0.2) is 0 Å². The van der Waals surface area contributed by atoms with Crippen LogP contribution in [0.2, 0.25) is 0 Å². The number of hydrogen-bond donors (Lipinski definition) is 2. The quantitative estimate of drug-likeness (QED) is 0.733. The van der Waals surface area contributed by atoms with E-state index in [0.717, 1.165) is 32.7 Å². The molecular weight excluding hydrogens is 301 g/mol. The number of ether oxygens (including phenoxy) is 1. The van der Waals surface area contributed by atoms with Gasteiger partial charge in [0, 0.05) is 25.7 Å². The van der Waals surface area contributed by atoms with Gasteiger partial charge in [0.1, 0.15) is 0 Å². The zero-order valence-corrected chi connectivity index (χ0v) is 14.3. The van der Waals surface area contributed by atoms with Crippen molar-refractivity contribution in [3.05, 3.63) is 0 Å². The van der Waals surface area contributed by atoms with Gasteiger partial charge in [-0.2, -0.15) is 0 Å². The normalized spacial score (nSPS) is 19.7. The van der Waals surface area contributed by atoms with Crippen molar-refractivity contribution in [2.45, 2.75) is 39.3 Å². The van der Waals surface area contributed by atoms with Crippen molar-refractivity contribution in [1.82, 2.24) is 15.5 Å². The number of likely N-dealkylation sites (N-methyl/N-ethyl adjacent to an activating group) is 1. The van der Waals surface area contributed by atoms with Gasteiger partial charge in [-0.15, -0.1) is 24.8 Å². The molecule has 0 aliphatic carbocycles. The van der Waals surface area contributed by atoms with E-state index >= 15 is 0 Å². The molecule has 1 aliphatic heterocycles. The Morgan fingerprint density at radius 3 is 2.55 bits per heavy atom. The molecule has 1 rings (SSSR count). The topological polar surface area (TPSA) is 53.6 Å². The minimum atomic E-state index is 0. The average molecular weight is 330 g/mol. The maximum absolute atomic E-state index is 11.8. The molecule has 1 heterocycles. The summed E-state index contributed by atoms with van der Waals surface area (Å²) in [6.45, 7) is 11.6. The molecule has 0 saturated carbocycles. The van der Waals surface area contributed by atoms with Gasteiger partial charge in [0.05, 0.1) is 19.1 Å². The minimum absolute atomic E-state index is 0. The van der Waals surface area contributed by atoms with Crippen LogP contribution < -0.4 is 10.6 Å².